The number of rotatable bonds is 7. The molecule has 164 valence electrons. The molecule has 32 heavy (non-hydrogen) atoms. The predicted molar refractivity (Wildman–Crippen MR) is 115 cm³/mol. The summed E-state index contributed by atoms with van der Waals surface area (Å²) in [5.41, 5.74) is 1.69. The van der Waals surface area contributed by atoms with Crippen LogP contribution in [0.1, 0.15) is 10.4 Å². The van der Waals surface area contributed by atoms with Gasteiger partial charge in [-0.1, -0.05) is 36.4 Å². The summed E-state index contributed by atoms with van der Waals surface area (Å²) in [4.78, 5) is 28.0. The molecule has 0 unspecified atom stereocenters. The number of benzene rings is 2. The second-order valence-corrected chi connectivity index (χ2v) is 7.87. The van der Waals surface area contributed by atoms with E-state index in [1.54, 1.807) is 17.5 Å². The van der Waals surface area contributed by atoms with E-state index in [-0.39, 0.29) is 23.6 Å². The van der Waals surface area contributed by atoms with Crippen molar-refractivity contribution in [3.05, 3.63) is 88.2 Å². The Morgan fingerprint density at radius 3 is 2.25 bits per heavy atom. The van der Waals surface area contributed by atoms with Gasteiger partial charge in [0.1, 0.15) is 11.4 Å². The molecule has 1 aliphatic heterocycles. The second-order valence-electron chi connectivity index (χ2n) is 6.92. The van der Waals surface area contributed by atoms with Crippen molar-refractivity contribution in [1.82, 2.24) is 4.90 Å². The minimum atomic E-state index is -4.79. The molecule has 0 saturated carbocycles. The predicted octanol–water partition coefficient (Wildman–Crippen LogP) is 5.08. The SMILES string of the molecule is O=C1C(Nc2ccc(OC(F)(F)F)cc2)=C(c2cccs2)C(=O)N1CCc1ccccc1. The molecule has 0 fully saturated rings. The van der Waals surface area contributed by atoms with Crippen LogP contribution < -0.4 is 10.1 Å². The van der Waals surface area contributed by atoms with E-state index in [1.807, 2.05) is 30.3 Å². The maximum atomic E-state index is 13.1. The maximum Gasteiger partial charge on any atom is 0.573 e. The molecule has 9 heteroatoms. The summed E-state index contributed by atoms with van der Waals surface area (Å²) in [7, 11) is 0. The molecule has 1 aromatic heterocycles. The van der Waals surface area contributed by atoms with Gasteiger partial charge in [0.25, 0.3) is 11.8 Å². The molecule has 2 aromatic carbocycles. The van der Waals surface area contributed by atoms with Gasteiger partial charge in [0.05, 0.1) is 5.57 Å². The van der Waals surface area contributed by atoms with Gasteiger partial charge in [-0.05, 0) is 47.7 Å². The van der Waals surface area contributed by atoms with Crippen molar-refractivity contribution in [3.8, 4) is 5.75 Å². The van der Waals surface area contributed by atoms with Crippen LogP contribution in [0.2, 0.25) is 0 Å². The van der Waals surface area contributed by atoms with Crippen LogP contribution in [-0.2, 0) is 16.0 Å². The van der Waals surface area contributed by atoms with Gasteiger partial charge in [-0.15, -0.1) is 24.5 Å². The van der Waals surface area contributed by atoms with Gasteiger partial charge < -0.3 is 10.1 Å². The van der Waals surface area contributed by atoms with E-state index in [4.69, 9.17) is 0 Å². The number of hydrogen-bond acceptors (Lipinski definition) is 5. The average Bonchev–Trinajstić information content (AvgIpc) is 3.35. The molecule has 1 N–H and O–H groups in total. The molecular formula is C23H17F3N2O3S. The molecule has 2 heterocycles. The quantitative estimate of drug-likeness (QED) is 0.502. The molecule has 4 rings (SSSR count). The third kappa shape index (κ3) is 4.83. The molecule has 0 aliphatic carbocycles. The summed E-state index contributed by atoms with van der Waals surface area (Å²) in [6, 6.07) is 18.0. The van der Waals surface area contributed by atoms with E-state index in [9.17, 15) is 22.8 Å². The fraction of sp³-hybridized carbons (Fsp3) is 0.130. The number of anilines is 1. The first kappa shape index (κ1) is 21.6. The van der Waals surface area contributed by atoms with E-state index < -0.39 is 18.2 Å². The van der Waals surface area contributed by atoms with Gasteiger partial charge in [-0.2, -0.15) is 0 Å². The van der Waals surface area contributed by atoms with Crippen molar-refractivity contribution in [2.45, 2.75) is 12.8 Å². The number of halogens is 3. The normalized spacial score (nSPS) is 14.3. The van der Waals surface area contributed by atoms with Crippen LogP contribution in [0.5, 0.6) is 5.75 Å². The second kappa shape index (κ2) is 8.88. The average molecular weight is 458 g/mol. The highest BCUT2D eigenvalue weighted by molar-refractivity contribution is 7.11. The Bertz CT molecular complexity index is 1140. The Balaban J connectivity index is 1.57. The standard InChI is InChI=1S/C23H17F3N2O3S/c24-23(25,26)31-17-10-8-16(9-11-17)27-20-19(18-7-4-14-32-18)21(29)28(22(20)30)13-12-15-5-2-1-3-6-15/h1-11,14,27H,12-13H2. The Morgan fingerprint density at radius 2 is 1.62 bits per heavy atom. The van der Waals surface area contributed by atoms with E-state index >= 15 is 0 Å². The summed E-state index contributed by atoms with van der Waals surface area (Å²) >= 11 is 1.32. The molecule has 0 radical (unpaired) electrons. The van der Waals surface area contributed by atoms with E-state index in [1.165, 1.54) is 28.4 Å². The number of amides is 2. The summed E-state index contributed by atoms with van der Waals surface area (Å²) in [5, 5.41) is 4.71. The van der Waals surface area contributed by atoms with E-state index in [0.717, 1.165) is 17.7 Å². The molecule has 3 aromatic rings. The van der Waals surface area contributed by atoms with Crippen molar-refractivity contribution in [2.75, 3.05) is 11.9 Å². The molecule has 0 atom stereocenters. The summed E-state index contributed by atoms with van der Waals surface area (Å²) in [5.74, 6) is -1.27. The van der Waals surface area contributed by atoms with Crippen LogP contribution >= 0.6 is 11.3 Å². The van der Waals surface area contributed by atoms with Crippen molar-refractivity contribution in [3.63, 3.8) is 0 Å². The monoisotopic (exact) mass is 458 g/mol. The van der Waals surface area contributed by atoms with Gasteiger partial charge in [0.2, 0.25) is 0 Å². The summed E-state index contributed by atoms with van der Waals surface area (Å²) in [6.07, 6.45) is -4.29. The summed E-state index contributed by atoms with van der Waals surface area (Å²) in [6.45, 7) is 0.208. The first-order chi connectivity index (χ1) is 15.3. The van der Waals surface area contributed by atoms with Gasteiger partial charge in [0.15, 0.2) is 0 Å². The number of nitrogens with zero attached hydrogens (tertiary/aromatic N) is 1. The van der Waals surface area contributed by atoms with Crippen LogP contribution in [0, 0.1) is 0 Å². The Morgan fingerprint density at radius 1 is 0.906 bits per heavy atom. The first-order valence-electron chi connectivity index (χ1n) is 9.63. The van der Waals surface area contributed by atoms with Crippen molar-refractivity contribution in [2.24, 2.45) is 0 Å². The number of ether oxygens (including phenoxy) is 1. The number of imide groups is 1. The van der Waals surface area contributed by atoms with Gasteiger partial charge >= 0.3 is 6.36 Å². The van der Waals surface area contributed by atoms with Crippen LogP contribution in [-0.4, -0.2) is 29.6 Å². The third-order valence-electron chi connectivity index (χ3n) is 4.76. The number of hydrogen-bond donors (Lipinski definition) is 1. The van der Waals surface area contributed by atoms with Gasteiger partial charge in [-0.3, -0.25) is 14.5 Å². The highest BCUT2D eigenvalue weighted by Gasteiger charge is 2.39. The largest absolute Gasteiger partial charge is 0.573 e. The van der Waals surface area contributed by atoms with Crippen LogP contribution in [0.25, 0.3) is 5.57 Å². The fourth-order valence-electron chi connectivity index (χ4n) is 3.31. The van der Waals surface area contributed by atoms with E-state index in [2.05, 4.69) is 10.1 Å². The van der Waals surface area contributed by atoms with Crippen LogP contribution in [0.3, 0.4) is 0 Å². The van der Waals surface area contributed by atoms with Crippen LogP contribution in [0.4, 0.5) is 18.9 Å². The molecule has 1 aliphatic rings. The first-order valence-corrected chi connectivity index (χ1v) is 10.5. The zero-order chi connectivity index (χ0) is 22.7. The van der Waals surface area contributed by atoms with Crippen LogP contribution in [0.15, 0.2) is 77.8 Å². The number of carbonyl (C=O) groups excluding carboxylic acids is 2. The number of nitrogens with one attached hydrogen (secondary N) is 1. The molecule has 0 spiro atoms. The smallest absolute Gasteiger partial charge is 0.406 e. The lowest BCUT2D eigenvalue weighted by atomic mass is 10.1. The maximum absolute atomic E-state index is 13.1. The molecule has 0 saturated heterocycles. The van der Waals surface area contributed by atoms with Gasteiger partial charge in [0, 0.05) is 17.1 Å². The van der Waals surface area contributed by atoms with Crippen molar-refractivity contribution >= 4 is 34.4 Å². The Labute approximate surface area is 185 Å². The van der Waals surface area contributed by atoms with Crippen molar-refractivity contribution < 1.29 is 27.5 Å². The lowest BCUT2D eigenvalue weighted by molar-refractivity contribution is -0.274. The number of thiophene rings is 1. The molecular weight excluding hydrogens is 441 g/mol. The minimum absolute atomic E-state index is 0.0926. The molecule has 2 amide bonds. The lowest BCUT2D eigenvalue weighted by Crippen LogP contribution is -2.34. The van der Waals surface area contributed by atoms with E-state index in [0.29, 0.717) is 17.0 Å². The Hall–Kier alpha value is -3.59. The molecule has 0 bridgehead atoms. The highest BCUT2D eigenvalue weighted by Crippen LogP contribution is 2.33. The zero-order valence-corrected chi connectivity index (χ0v) is 17.4. The third-order valence-corrected chi connectivity index (χ3v) is 5.65. The summed E-state index contributed by atoms with van der Waals surface area (Å²) < 4.78 is 41.0. The fourth-order valence-corrected chi connectivity index (χ4v) is 4.08. The lowest BCUT2D eigenvalue weighted by Gasteiger charge is -2.15. The molecule has 5 nitrogen and oxygen atoms in total. The topological polar surface area (TPSA) is 58.6 Å². The number of alkyl halides is 3. The zero-order valence-electron chi connectivity index (χ0n) is 16.6. The van der Waals surface area contributed by atoms with Gasteiger partial charge in [-0.25, -0.2) is 0 Å². The number of carbonyl (C=O) groups is 2. The highest BCUT2D eigenvalue weighted by atomic mass is 32.1. The van der Waals surface area contributed by atoms with Crippen molar-refractivity contribution in [1.29, 1.82) is 0 Å². The minimum Gasteiger partial charge on any atom is -0.406 e. The Kier molecular flexibility index (Phi) is 6.00.